The second-order valence-electron chi connectivity index (χ2n) is 9.00. The molecule has 190 valence electrons. The number of amides is 2. The second-order valence-corrected chi connectivity index (χ2v) is 10.7. The summed E-state index contributed by atoms with van der Waals surface area (Å²) in [5, 5.41) is 20.1. The monoisotopic (exact) mass is 577 g/mol. The Kier molecular flexibility index (Phi) is 6.85. The van der Waals surface area contributed by atoms with Crippen LogP contribution in [0.15, 0.2) is 60.7 Å². The van der Waals surface area contributed by atoms with Gasteiger partial charge in [-0.25, -0.2) is 0 Å². The molecule has 2 heterocycles. The third-order valence-corrected chi connectivity index (χ3v) is 7.70. The quantitative estimate of drug-likeness (QED) is 0.314. The summed E-state index contributed by atoms with van der Waals surface area (Å²) in [7, 11) is 0. The van der Waals surface area contributed by atoms with Gasteiger partial charge in [0.15, 0.2) is 0 Å². The smallest absolute Gasteiger partial charge is 0.310 e. The number of carboxylic acids is 1. The molecule has 1 fully saturated rings. The summed E-state index contributed by atoms with van der Waals surface area (Å²) in [5.41, 5.74) is -0.0955. The van der Waals surface area contributed by atoms with Crippen molar-refractivity contribution >= 4 is 75.6 Å². The highest BCUT2D eigenvalue weighted by molar-refractivity contribution is 6.38. The Morgan fingerprint density at radius 2 is 1.59 bits per heavy atom. The van der Waals surface area contributed by atoms with Gasteiger partial charge in [0.25, 0.3) is 0 Å². The van der Waals surface area contributed by atoms with E-state index >= 15 is 0 Å². The largest absolute Gasteiger partial charge is 0.481 e. The second kappa shape index (κ2) is 9.82. The zero-order valence-corrected chi connectivity index (χ0v) is 21.9. The number of nitrogens with one attached hydrogen (secondary N) is 3. The minimum atomic E-state index is -1.79. The van der Waals surface area contributed by atoms with Gasteiger partial charge in [-0.15, -0.1) is 0 Å². The SMILES string of the molecule is O=C(Nc1cc(Cl)cc(Cl)c1)C1C(Cc2ccccc2)NC2(C(=O)Nc3c(Cl)cc(Cl)cc32)C1C(=O)O. The Bertz CT molecular complexity index is 1410. The first-order chi connectivity index (χ1) is 17.6. The predicted molar refractivity (Wildman–Crippen MR) is 144 cm³/mol. The van der Waals surface area contributed by atoms with Crippen molar-refractivity contribution in [3.63, 3.8) is 0 Å². The van der Waals surface area contributed by atoms with Crippen LogP contribution in [0.5, 0.6) is 0 Å². The van der Waals surface area contributed by atoms with Crippen LogP contribution in [-0.2, 0) is 26.3 Å². The first-order valence-electron chi connectivity index (χ1n) is 11.2. The minimum absolute atomic E-state index is 0.166. The molecule has 4 unspecified atom stereocenters. The van der Waals surface area contributed by atoms with Gasteiger partial charge >= 0.3 is 5.97 Å². The van der Waals surface area contributed by atoms with Crippen molar-refractivity contribution in [2.24, 2.45) is 11.8 Å². The van der Waals surface area contributed by atoms with E-state index in [-0.39, 0.29) is 27.7 Å². The Labute approximate surface area is 232 Å². The van der Waals surface area contributed by atoms with Crippen molar-refractivity contribution in [1.29, 1.82) is 0 Å². The number of fused-ring (bicyclic) bond motifs is 2. The first kappa shape index (κ1) is 25.8. The number of carboxylic acid groups (broad SMARTS) is 1. The van der Waals surface area contributed by atoms with Crippen LogP contribution in [0.4, 0.5) is 11.4 Å². The molecule has 2 aliphatic heterocycles. The van der Waals surface area contributed by atoms with Crippen LogP contribution < -0.4 is 16.0 Å². The molecule has 37 heavy (non-hydrogen) atoms. The Morgan fingerprint density at radius 3 is 2.24 bits per heavy atom. The van der Waals surface area contributed by atoms with Gasteiger partial charge in [-0.05, 0) is 42.3 Å². The molecule has 2 aliphatic rings. The lowest BCUT2D eigenvalue weighted by molar-refractivity contribution is -0.150. The van der Waals surface area contributed by atoms with Gasteiger partial charge < -0.3 is 15.7 Å². The third kappa shape index (κ3) is 4.56. The van der Waals surface area contributed by atoms with E-state index in [9.17, 15) is 19.5 Å². The fraction of sp³-hybridized carbons (Fsp3) is 0.192. The van der Waals surface area contributed by atoms with E-state index in [4.69, 9.17) is 46.4 Å². The van der Waals surface area contributed by atoms with E-state index in [1.165, 1.54) is 30.3 Å². The van der Waals surface area contributed by atoms with Gasteiger partial charge in [-0.1, -0.05) is 76.7 Å². The zero-order valence-electron chi connectivity index (χ0n) is 18.9. The molecule has 0 saturated carbocycles. The summed E-state index contributed by atoms with van der Waals surface area (Å²) in [6.07, 6.45) is 0.275. The highest BCUT2D eigenvalue weighted by atomic mass is 35.5. The lowest BCUT2D eigenvalue weighted by Gasteiger charge is -2.28. The number of aliphatic carboxylic acids is 1. The number of hydrogen-bond acceptors (Lipinski definition) is 4. The molecule has 2 amide bonds. The molecule has 1 spiro atoms. The van der Waals surface area contributed by atoms with E-state index in [1.807, 2.05) is 30.3 Å². The van der Waals surface area contributed by atoms with Crippen molar-refractivity contribution in [2.45, 2.75) is 18.0 Å². The van der Waals surface area contributed by atoms with Crippen LogP contribution in [0.3, 0.4) is 0 Å². The van der Waals surface area contributed by atoms with Crippen LogP contribution in [0, 0.1) is 11.8 Å². The average molecular weight is 579 g/mol. The summed E-state index contributed by atoms with van der Waals surface area (Å²) in [4.78, 5) is 40.2. The predicted octanol–water partition coefficient (Wildman–Crippen LogP) is 5.62. The Hall–Kier alpha value is -2.81. The number of carbonyl (C=O) groups excluding carboxylic acids is 2. The maximum Gasteiger partial charge on any atom is 0.310 e. The Balaban J connectivity index is 1.64. The van der Waals surface area contributed by atoms with Crippen molar-refractivity contribution in [1.82, 2.24) is 5.32 Å². The highest BCUT2D eigenvalue weighted by Gasteiger charge is 2.66. The molecule has 0 radical (unpaired) electrons. The maximum atomic E-state index is 13.8. The number of rotatable bonds is 5. The van der Waals surface area contributed by atoms with Crippen molar-refractivity contribution in [3.8, 4) is 0 Å². The molecule has 5 rings (SSSR count). The van der Waals surface area contributed by atoms with Crippen molar-refractivity contribution < 1.29 is 19.5 Å². The molecule has 0 aromatic heterocycles. The van der Waals surface area contributed by atoms with Gasteiger partial charge in [-0.2, -0.15) is 0 Å². The molecular formula is C26H19Cl4N3O4. The van der Waals surface area contributed by atoms with Crippen molar-refractivity contribution in [3.05, 3.63) is 91.9 Å². The molecule has 1 saturated heterocycles. The number of hydrogen-bond donors (Lipinski definition) is 4. The third-order valence-electron chi connectivity index (χ3n) is 6.75. The van der Waals surface area contributed by atoms with E-state index in [1.54, 1.807) is 0 Å². The highest BCUT2D eigenvalue weighted by Crippen LogP contribution is 2.52. The average Bonchev–Trinajstić information content (AvgIpc) is 3.30. The molecule has 3 aromatic carbocycles. The van der Waals surface area contributed by atoms with Crippen LogP contribution in [0.1, 0.15) is 11.1 Å². The number of halogens is 4. The van der Waals surface area contributed by atoms with E-state index < -0.39 is 41.2 Å². The fourth-order valence-electron chi connectivity index (χ4n) is 5.34. The molecule has 0 bridgehead atoms. The van der Waals surface area contributed by atoms with Crippen LogP contribution >= 0.6 is 46.4 Å². The fourth-order valence-corrected chi connectivity index (χ4v) is 6.41. The number of benzene rings is 3. The topological polar surface area (TPSA) is 108 Å². The van der Waals surface area contributed by atoms with E-state index in [0.717, 1.165) is 5.56 Å². The summed E-state index contributed by atoms with van der Waals surface area (Å²) in [6.45, 7) is 0. The molecule has 11 heteroatoms. The molecule has 0 aliphatic carbocycles. The van der Waals surface area contributed by atoms with Crippen LogP contribution in [0.25, 0.3) is 0 Å². The lowest BCUT2D eigenvalue weighted by atomic mass is 9.74. The van der Waals surface area contributed by atoms with Crippen molar-refractivity contribution in [2.75, 3.05) is 10.6 Å². The van der Waals surface area contributed by atoms with Crippen LogP contribution in [0.2, 0.25) is 20.1 Å². The molecule has 7 nitrogen and oxygen atoms in total. The Morgan fingerprint density at radius 1 is 0.946 bits per heavy atom. The van der Waals surface area contributed by atoms with E-state index in [2.05, 4.69) is 16.0 Å². The molecular weight excluding hydrogens is 560 g/mol. The lowest BCUT2D eigenvalue weighted by Crippen LogP contribution is -2.52. The summed E-state index contributed by atoms with van der Waals surface area (Å²) >= 11 is 24.8. The number of carbonyl (C=O) groups is 3. The molecule has 3 aromatic rings. The zero-order chi connectivity index (χ0) is 26.5. The number of anilines is 2. The first-order valence-corrected chi connectivity index (χ1v) is 12.7. The summed E-state index contributed by atoms with van der Waals surface area (Å²) in [6, 6.07) is 16.0. The van der Waals surface area contributed by atoms with Gasteiger partial charge in [0.05, 0.1) is 16.6 Å². The molecule has 4 N–H and O–H groups in total. The normalized spacial score (nSPS) is 24.1. The molecule has 4 atom stereocenters. The van der Waals surface area contributed by atoms with Crippen LogP contribution in [-0.4, -0.2) is 28.9 Å². The summed E-state index contributed by atoms with van der Waals surface area (Å²) < 4.78 is 0. The minimum Gasteiger partial charge on any atom is -0.481 e. The van der Waals surface area contributed by atoms with Gasteiger partial charge in [0.1, 0.15) is 11.5 Å². The summed E-state index contributed by atoms with van der Waals surface area (Å²) in [5.74, 6) is -5.23. The van der Waals surface area contributed by atoms with Gasteiger partial charge in [-0.3, -0.25) is 19.7 Å². The van der Waals surface area contributed by atoms with Gasteiger partial charge in [0.2, 0.25) is 11.8 Å². The van der Waals surface area contributed by atoms with Gasteiger partial charge in [0, 0.05) is 32.4 Å². The van der Waals surface area contributed by atoms with E-state index in [0.29, 0.717) is 15.7 Å². The maximum absolute atomic E-state index is 13.8. The standard InChI is InChI=1S/C26H19Cl4N3O4/c27-13-7-14(28)9-16(8-13)31-23(34)20-19(6-12-4-2-1-3-5-12)33-26(21(20)24(35)36)17-10-15(29)11-18(30)22(17)32-25(26)37/h1-5,7-11,19-21,33H,6H2,(H,31,34)(H,32,37)(H,35,36).